The van der Waals surface area contributed by atoms with Crippen molar-refractivity contribution in [2.45, 2.75) is 32.4 Å². The van der Waals surface area contributed by atoms with Crippen molar-refractivity contribution in [3.63, 3.8) is 0 Å². The van der Waals surface area contributed by atoms with Crippen LogP contribution in [0.2, 0.25) is 0 Å². The predicted octanol–water partition coefficient (Wildman–Crippen LogP) is 1.48. The van der Waals surface area contributed by atoms with Crippen molar-refractivity contribution in [1.82, 2.24) is 14.5 Å². The number of hydrogen-bond donors (Lipinski definition) is 1. The molecule has 2 N–H and O–H groups in total. The molecule has 5 heteroatoms. The molecule has 2 aromatic heterocycles. The molecule has 2 heterocycles. The van der Waals surface area contributed by atoms with Crippen LogP contribution in [0.15, 0.2) is 30.9 Å². The molecule has 1 unspecified atom stereocenters. The number of pyridine rings is 1. The number of rotatable bonds is 5. The third-order valence-corrected chi connectivity index (χ3v) is 3.03. The van der Waals surface area contributed by atoms with Crippen LogP contribution in [-0.4, -0.2) is 20.6 Å². The summed E-state index contributed by atoms with van der Waals surface area (Å²) in [7, 11) is 0. The average molecular weight is 255 g/mol. The van der Waals surface area contributed by atoms with E-state index in [0.29, 0.717) is 12.2 Å². The van der Waals surface area contributed by atoms with Gasteiger partial charge in [-0.2, -0.15) is 5.26 Å². The van der Waals surface area contributed by atoms with E-state index in [-0.39, 0.29) is 6.04 Å². The first kappa shape index (κ1) is 13.2. The van der Waals surface area contributed by atoms with Crippen LogP contribution in [0, 0.1) is 11.3 Å². The van der Waals surface area contributed by atoms with Crippen LogP contribution in [0.1, 0.15) is 30.3 Å². The topological polar surface area (TPSA) is 80.5 Å². The van der Waals surface area contributed by atoms with E-state index in [2.05, 4.69) is 23.0 Å². The highest BCUT2D eigenvalue weighted by Crippen LogP contribution is 2.08. The monoisotopic (exact) mass is 255 g/mol. The highest BCUT2D eigenvalue weighted by Gasteiger charge is 2.07. The SMILES string of the molecule is CCC(N)Cc1cn(Cc2cccnc2C#N)cn1. The van der Waals surface area contributed by atoms with Gasteiger partial charge in [0.15, 0.2) is 0 Å². The standard InChI is InChI=1S/C14H17N5/c1-2-12(16)6-13-9-19(10-18-13)8-11-4-3-5-17-14(11)7-15/h3-5,9-10,12H,2,6,8,16H2,1H3. The largest absolute Gasteiger partial charge is 0.333 e. The highest BCUT2D eigenvalue weighted by atomic mass is 15.0. The Bertz CT molecular complexity index is 582. The molecule has 0 aliphatic heterocycles. The molecule has 0 spiro atoms. The first-order chi connectivity index (χ1) is 9.22. The van der Waals surface area contributed by atoms with Crippen molar-refractivity contribution in [3.8, 4) is 6.07 Å². The smallest absolute Gasteiger partial charge is 0.145 e. The van der Waals surface area contributed by atoms with Crippen LogP contribution < -0.4 is 5.73 Å². The summed E-state index contributed by atoms with van der Waals surface area (Å²) < 4.78 is 1.95. The molecule has 1 atom stereocenters. The van der Waals surface area contributed by atoms with Crippen LogP contribution in [0.4, 0.5) is 0 Å². The van der Waals surface area contributed by atoms with Crippen molar-refractivity contribution in [2.24, 2.45) is 5.73 Å². The Kier molecular flexibility index (Phi) is 4.26. The number of imidazole rings is 1. The van der Waals surface area contributed by atoms with Gasteiger partial charge in [-0.15, -0.1) is 0 Å². The first-order valence-electron chi connectivity index (χ1n) is 6.33. The Morgan fingerprint density at radius 2 is 2.32 bits per heavy atom. The number of hydrogen-bond acceptors (Lipinski definition) is 4. The van der Waals surface area contributed by atoms with Crippen molar-refractivity contribution >= 4 is 0 Å². The van der Waals surface area contributed by atoms with Gasteiger partial charge in [0.2, 0.25) is 0 Å². The molecule has 0 radical (unpaired) electrons. The summed E-state index contributed by atoms with van der Waals surface area (Å²) in [6.45, 7) is 2.67. The Morgan fingerprint density at radius 1 is 1.47 bits per heavy atom. The van der Waals surface area contributed by atoms with Gasteiger partial charge in [0.25, 0.3) is 0 Å². The molecule has 0 aliphatic carbocycles. The van der Waals surface area contributed by atoms with E-state index in [1.54, 1.807) is 12.5 Å². The predicted molar refractivity (Wildman–Crippen MR) is 72.3 cm³/mol. The molecule has 19 heavy (non-hydrogen) atoms. The van der Waals surface area contributed by atoms with E-state index in [1.165, 1.54) is 0 Å². The Morgan fingerprint density at radius 3 is 3.05 bits per heavy atom. The molecule has 5 nitrogen and oxygen atoms in total. The van der Waals surface area contributed by atoms with Crippen molar-refractivity contribution in [3.05, 3.63) is 47.8 Å². The number of nitrogens with zero attached hydrogens (tertiary/aromatic N) is 4. The molecular weight excluding hydrogens is 238 g/mol. The lowest BCUT2D eigenvalue weighted by Crippen LogP contribution is -2.21. The zero-order chi connectivity index (χ0) is 13.7. The molecule has 2 rings (SSSR count). The molecular formula is C14H17N5. The molecule has 0 amide bonds. The van der Waals surface area contributed by atoms with Crippen LogP contribution in [0.3, 0.4) is 0 Å². The normalized spacial score (nSPS) is 12.1. The van der Waals surface area contributed by atoms with Gasteiger partial charge in [0, 0.05) is 30.4 Å². The van der Waals surface area contributed by atoms with Gasteiger partial charge in [-0.05, 0) is 12.5 Å². The summed E-state index contributed by atoms with van der Waals surface area (Å²) >= 11 is 0. The lowest BCUT2D eigenvalue weighted by Gasteiger charge is -2.05. The van der Waals surface area contributed by atoms with Crippen LogP contribution in [0.25, 0.3) is 0 Å². The molecule has 0 aromatic carbocycles. The summed E-state index contributed by atoms with van der Waals surface area (Å²) in [5.74, 6) is 0. The van der Waals surface area contributed by atoms with Gasteiger partial charge in [0.05, 0.1) is 18.6 Å². The minimum atomic E-state index is 0.149. The molecule has 98 valence electrons. The van der Waals surface area contributed by atoms with Gasteiger partial charge >= 0.3 is 0 Å². The van der Waals surface area contributed by atoms with E-state index < -0.39 is 0 Å². The fourth-order valence-corrected chi connectivity index (χ4v) is 1.87. The number of aromatic nitrogens is 3. The second-order valence-electron chi connectivity index (χ2n) is 4.53. The van der Waals surface area contributed by atoms with Gasteiger partial charge in [0.1, 0.15) is 11.8 Å². The lowest BCUT2D eigenvalue weighted by atomic mass is 10.1. The molecule has 0 saturated heterocycles. The van der Waals surface area contributed by atoms with Crippen molar-refractivity contribution < 1.29 is 0 Å². The zero-order valence-electron chi connectivity index (χ0n) is 11.0. The van der Waals surface area contributed by atoms with Crippen LogP contribution >= 0.6 is 0 Å². The maximum atomic E-state index is 9.00. The number of nitrogens with two attached hydrogens (primary N) is 1. The van der Waals surface area contributed by atoms with Crippen LogP contribution in [0.5, 0.6) is 0 Å². The third-order valence-electron chi connectivity index (χ3n) is 3.03. The van der Waals surface area contributed by atoms with E-state index in [9.17, 15) is 0 Å². The van der Waals surface area contributed by atoms with Gasteiger partial charge in [-0.3, -0.25) is 0 Å². The molecule has 2 aromatic rings. The Balaban J connectivity index is 2.10. The minimum absolute atomic E-state index is 0.149. The summed E-state index contributed by atoms with van der Waals surface area (Å²) in [5, 5.41) is 9.00. The summed E-state index contributed by atoms with van der Waals surface area (Å²) in [5.41, 5.74) is 8.25. The van der Waals surface area contributed by atoms with Crippen molar-refractivity contribution in [1.29, 1.82) is 5.26 Å². The lowest BCUT2D eigenvalue weighted by molar-refractivity contribution is 0.638. The van der Waals surface area contributed by atoms with Gasteiger partial charge in [-0.1, -0.05) is 13.0 Å². The summed E-state index contributed by atoms with van der Waals surface area (Å²) in [4.78, 5) is 8.38. The fourth-order valence-electron chi connectivity index (χ4n) is 1.87. The quantitative estimate of drug-likeness (QED) is 0.877. The minimum Gasteiger partial charge on any atom is -0.333 e. The van der Waals surface area contributed by atoms with E-state index in [1.807, 2.05) is 22.9 Å². The second-order valence-corrected chi connectivity index (χ2v) is 4.53. The zero-order valence-corrected chi connectivity index (χ0v) is 11.0. The summed E-state index contributed by atoms with van der Waals surface area (Å²) in [6.07, 6.45) is 7.09. The van der Waals surface area contributed by atoms with Gasteiger partial charge < -0.3 is 10.3 Å². The molecule has 0 aliphatic rings. The summed E-state index contributed by atoms with van der Waals surface area (Å²) in [6, 6.07) is 5.99. The molecule has 0 bridgehead atoms. The maximum absolute atomic E-state index is 9.00. The fraction of sp³-hybridized carbons (Fsp3) is 0.357. The van der Waals surface area contributed by atoms with Crippen molar-refractivity contribution in [2.75, 3.05) is 0 Å². The number of nitriles is 1. The Labute approximate surface area is 112 Å². The third kappa shape index (κ3) is 3.39. The van der Waals surface area contributed by atoms with Gasteiger partial charge in [-0.25, -0.2) is 9.97 Å². The first-order valence-corrected chi connectivity index (χ1v) is 6.33. The van der Waals surface area contributed by atoms with E-state index in [0.717, 1.165) is 24.1 Å². The van der Waals surface area contributed by atoms with Crippen LogP contribution in [-0.2, 0) is 13.0 Å². The van der Waals surface area contributed by atoms with E-state index in [4.69, 9.17) is 11.0 Å². The highest BCUT2D eigenvalue weighted by molar-refractivity contribution is 5.30. The van der Waals surface area contributed by atoms with E-state index >= 15 is 0 Å². The molecule has 0 fully saturated rings. The molecule has 0 saturated carbocycles. The second kappa shape index (κ2) is 6.12. The maximum Gasteiger partial charge on any atom is 0.145 e. The average Bonchev–Trinajstić information content (AvgIpc) is 2.86. The Hall–Kier alpha value is -2.19.